The summed E-state index contributed by atoms with van der Waals surface area (Å²) in [5.74, 6) is 1.32. The normalized spacial score (nSPS) is 16.9. The Hall–Kier alpha value is -7.62. The molecule has 3 nitrogen and oxygen atoms in total. The number of anilines is 4. The first kappa shape index (κ1) is 34.4. The third-order valence-corrected chi connectivity index (χ3v) is 12.8. The summed E-state index contributed by atoms with van der Waals surface area (Å²) < 4.78 is 6.88. The van der Waals surface area contributed by atoms with E-state index in [0.717, 1.165) is 51.5 Å². The van der Waals surface area contributed by atoms with Crippen molar-refractivity contribution in [3.63, 3.8) is 0 Å². The Kier molecular flexibility index (Phi) is 7.89. The van der Waals surface area contributed by atoms with Crippen LogP contribution in [0.25, 0.3) is 44.5 Å². The number of allylic oxidation sites excluding steroid dienone is 3. The van der Waals surface area contributed by atoms with Crippen molar-refractivity contribution in [3.05, 3.63) is 252 Å². The molecule has 9 aromatic rings. The van der Waals surface area contributed by atoms with Crippen molar-refractivity contribution in [3.8, 4) is 33.6 Å². The molecule has 0 aliphatic heterocycles. The van der Waals surface area contributed by atoms with E-state index in [1.165, 1.54) is 55.8 Å². The smallest absolute Gasteiger partial charge is 0.140 e. The molecule has 2 atom stereocenters. The minimum atomic E-state index is -0.550. The molecule has 1 spiro atoms. The largest absolute Gasteiger partial charge is 0.456 e. The molecule has 8 aromatic carbocycles. The van der Waals surface area contributed by atoms with Crippen LogP contribution in [0.3, 0.4) is 0 Å². The second kappa shape index (κ2) is 13.8. The van der Waals surface area contributed by atoms with Crippen molar-refractivity contribution < 1.29 is 4.42 Å². The highest BCUT2D eigenvalue weighted by Gasteiger charge is 2.54. The fourth-order valence-electron chi connectivity index (χ4n) is 10.1. The fraction of sp³-hybridized carbons (Fsp3) is 0.0526. The van der Waals surface area contributed by atoms with Crippen LogP contribution in [-0.4, -0.2) is 0 Å². The van der Waals surface area contributed by atoms with E-state index in [0.29, 0.717) is 5.92 Å². The first-order valence-corrected chi connectivity index (χ1v) is 20.9. The van der Waals surface area contributed by atoms with Crippen molar-refractivity contribution >= 4 is 33.7 Å². The molecular weight excluding hydrogens is 729 g/mol. The number of nitrogens with one attached hydrogen (secondary N) is 1. The summed E-state index contributed by atoms with van der Waals surface area (Å²) in [7, 11) is 0. The summed E-state index contributed by atoms with van der Waals surface area (Å²) in [6, 6.07) is 72.4. The first-order chi connectivity index (χ1) is 29.7. The van der Waals surface area contributed by atoms with E-state index >= 15 is 0 Å². The molecule has 0 fully saturated rings. The summed E-state index contributed by atoms with van der Waals surface area (Å²) in [5.41, 5.74) is 18.3. The van der Waals surface area contributed by atoms with Crippen LogP contribution in [0.4, 0.5) is 22.7 Å². The summed E-state index contributed by atoms with van der Waals surface area (Å²) in [6.45, 7) is 0. The van der Waals surface area contributed by atoms with Gasteiger partial charge in [0.05, 0.1) is 5.41 Å². The van der Waals surface area contributed by atoms with E-state index in [4.69, 9.17) is 4.42 Å². The molecule has 1 aromatic heterocycles. The highest BCUT2D eigenvalue weighted by atomic mass is 16.3. The van der Waals surface area contributed by atoms with Gasteiger partial charge in [-0.1, -0.05) is 152 Å². The molecular formula is C57H40N2O. The monoisotopic (exact) mass is 768 g/mol. The van der Waals surface area contributed by atoms with E-state index in [1.54, 1.807) is 0 Å². The second-order valence-corrected chi connectivity index (χ2v) is 16.1. The van der Waals surface area contributed by atoms with E-state index in [1.807, 2.05) is 6.07 Å². The first-order valence-electron chi connectivity index (χ1n) is 20.9. The van der Waals surface area contributed by atoms with Crippen LogP contribution in [0.15, 0.2) is 229 Å². The molecule has 284 valence electrons. The van der Waals surface area contributed by atoms with Gasteiger partial charge in [0, 0.05) is 50.9 Å². The predicted octanol–water partition coefficient (Wildman–Crippen LogP) is 15.0. The van der Waals surface area contributed by atoms with E-state index < -0.39 is 5.41 Å². The lowest BCUT2D eigenvalue weighted by Gasteiger charge is -2.30. The molecule has 3 aliphatic carbocycles. The van der Waals surface area contributed by atoms with Crippen LogP contribution >= 0.6 is 0 Å². The maximum absolute atomic E-state index is 6.88. The van der Waals surface area contributed by atoms with Crippen molar-refractivity contribution in [1.82, 2.24) is 0 Å². The van der Waals surface area contributed by atoms with Crippen LogP contribution in [0.2, 0.25) is 0 Å². The molecule has 12 rings (SSSR count). The second-order valence-electron chi connectivity index (χ2n) is 16.1. The van der Waals surface area contributed by atoms with Gasteiger partial charge in [0.2, 0.25) is 0 Å². The maximum Gasteiger partial charge on any atom is 0.140 e. The molecule has 2 unspecified atom stereocenters. The zero-order chi connectivity index (χ0) is 39.6. The quantitative estimate of drug-likeness (QED) is 0.175. The SMILES string of the molecule is C1=CC(c2ccccc2)CC=C1N(c1ccccc1)c1ccc(-c2ccc3c(c2)C2(c4ccccc4-3)c3ccc(Nc4ccccc4)cc3-c3oc4ccccc4c32)cc1. The number of nitrogens with zero attached hydrogens (tertiary/aromatic N) is 1. The van der Waals surface area contributed by atoms with Crippen molar-refractivity contribution in [2.75, 3.05) is 10.2 Å². The van der Waals surface area contributed by atoms with Gasteiger partial charge < -0.3 is 14.6 Å². The molecule has 0 saturated carbocycles. The Morgan fingerprint density at radius 3 is 1.98 bits per heavy atom. The number of benzene rings is 8. The molecule has 3 aliphatic rings. The summed E-state index contributed by atoms with van der Waals surface area (Å²) in [4.78, 5) is 2.37. The van der Waals surface area contributed by atoms with Crippen LogP contribution < -0.4 is 10.2 Å². The molecule has 0 amide bonds. The van der Waals surface area contributed by atoms with E-state index in [9.17, 15) is 0 Å². The fourth-order valence-corrected chi connectivity index (χ4v) is 10.1. The molecule has 0 bridgehead atoms. The lowest BCUT2D eigenvalue weighted by molar-refractivity contribution is 0.628. The van der Waals surface area contributed by atoms with Gasteiger partial charge in [-0.15, -0.1) is 0 Å². The maximum atomic E-state index is 6.88. The zero-order valence-electron chi connectivity index (χ0n) is 32.9. The summed E-state index contributed by atoms with van der Waals surface area (Å²) >= 11 is 0. The van der Waals surface area contributed by atoms with Crippen molar-refractivity contribution in [1.29, 1.82) is 0 Å². The minimum Gasteiger partial charge on any atom is -0.456 e. The van der Waals surface area contributed by atoms with E-state index in [-0.39, 0.29) is 0 Å². The molecule has 60 heavy (non-hydrogen) atoms. The van der Waals surface area contributed by atoms with Gasteiger partial charge in [0.15, 0.2) is 0 Å². The summed E-state index contributed by atoms with van der Waals surface area (Å²) in [6.07, 6.45) is 7.97. The number of hydrogen-bond acceptors (Lipinski definition) is 3. The Bertz CT molecular complexity index is 3140. The van der Waals surface area contributed by atoms with Gasteiger partial charge in [0.25, 0.3) is 0 Å². The predicted molar refractivity (Wildman–Crippen MR) is 247 cm³/mol. The van der Waals surface area contributed by atoms with Crippen LogP contribution in [0.5, 0.6) is 0 Å². The number of rotatable bonds is 7. The lowest BCUT2D eigenvalue weighted by atomic mass is 9.70. The number of furan rings is 1. The number of fused-ring (bicyclic) bond motifs is 12. The van der Waals surface area contributed by atoms with Crippen LogP contribution in [-0.2, 0) is 5.41 Å². The molecule has 1 N–H and O–H groups in total. The van der Waals surface area contributed by atoms with Crippen LogP contribution in [0, 0.1) is 0 Å². The Balaban J connectivity index is 0.975. The highest BCUT2D eigenvalue weighted by Crippen LogP contribution is 2.65. The molecule has 1 heterocycles. The Morgan fingerprint density at radius 2 is 1.18 bits per heavy atom. The average molecular weight is 769 g/mol. The lowest BCUT2D eigenvalue weighted by Crippen LogP contribution is -2.26. The standard InChI is InChI=1S/C57H40N2O/c1-4-14-38(15-5-1)39-24-30-45(31-25-39)59(44-18-8-3-9-19-44)46-32-26-40(27-33-46)41-28-34-48-47-20-10-12-22-51(47)57(53(48)36-41)52-35-29-43(58-42-16-6-2-7-17-42)37-50(52)56-55(57)49-21-11-13-23-54(49)60-56/h1-24,26-37,39,58H,25H2. The molecule has 3 heteroatoms. The number of para-hydroxylation sites is 3. The van der Waals surface area contributed by atoms with E-state index in [2.05, 4.69) is 223 Å². The summed E-state index contributed by atoms with van der Waals surface area (Å²) in [5, 5.41) is 4.80. The highest BCUT2D eigenvalue weighted by molar-refractivity contribution is 6.03. The van der Waals surface area contributed by atoms with Gasteiger partial charge in [-0.05, 0) is 118 Å². The third kappa shape index (κ3) is 5.29. The molecule has 0 radical (unpaired) electrons. The zero-order valence-corrected chi connectivity index (χ0v) is 32.9. The van der Waals surface area contributed by atoms with Gasteiger partial charge in [0.1, 0.15) is 11.3 Å². The molecule has 0 saturated heterocycles. The van der Waals surface area contributed by atoms with Gasteiger partial charge in [-0.3, -0.25) is 0 Å². The van der Waals surface area contributed by atoms with Gasteiger partial charge in [-0.2, -0.15) is 0 Å². The van der Waals surface area contributed by atoms with Gasteiger partial charge in [-0.25, -0.2) is 0 Å². The number of hydrogen-bond donors (Lipinski definition) is 1. The van der Waals surface area contributed by atoms with Crippen molar-refractivity contribution in [2.24, 2.45) is 0 Å². The minimum absolute atomic E-state index is 0.375. The van der Waals surface area contributed by atoms with Gasteiger partial charge >= 0.3 is 0 Å². The van der Waals surface area contributed by atoms with Crippen molar-refractivity contribution in [2.45, 2.75) is 17.8 Å². The Labute approximate surface area is 350 Å². The third-order valence-electron chi connectivity index (χ3n) is 12.8. The Morgan fingerprint density at radius 1 is 0.517 bits per heavy atom. The average Bonchev–Trinajstić information content (AvgIpc) is 3.94. The van der Waals surface area contributed by atoms with Crippen LogP contribution in [0.1, 0.15) is 40.2 Å². The topological polar surface area (TPSA) is 28.4 Å².